The molecule has 6 heteroatoms. The summed E-state index contributed by atoms with van der Waals surface area (Å²) in [6.45, 7) is 10.1. The van der Waals surface area contributed by atoms with Crippen molar-refractivity contribution in [3.8, 4) is 11.1 Å². The third-order valence-corrected chi connectivity index (χ3v) is 7.98. The van der Waals surface area contributed by atoms with Crippen LogP contribution in [0.3, 0.4) is 0 Å². The molecule has 1 atom stereocenters. The van der Waals surface area contributed by atoms with Crippen LogP contribution in [0, 0.1) is 6.92 Å². The fourth-order valence-corrected chi connectivity index (χ4v) is 5.41. The molecule has 1 unspecified atom stereocenters. The lowest BCUT2D eigenvalue weighted by Gasteiger charge is -2.16. The Morgan fingerprint density at radius 3 is 2.32 bits per heavy atom. The highest BCUT2D eigenvalue weighted by atomic mass is 35.5. The topological polar surface area (TPSA) is 59.9 Å². The number of hydrogen-bond donors (Lipinski definition) is 0. The molecular weight excluding hydrogens is 428 g/mol. The maximum Gasteiger partial charge on any atom is 0.222 e. The van der Waals surface area contributed by atoms with Crippen molar-refractivity contribution in [2.45, 2.75) is 50.2 Å². The summed E-state index contributed by atoms with van der Waals surface area (Å²) in [6.07, 6.45) is 4.29. The predicted molar refractivity (Wildman–Crippen MR) is 128 cm³/mol. The Bertz CT molecular complexity index is 1170. The predicted octanol–water partition coefficient (Wildman–Crippen LogP) is 6.32. The summed E-state index contributed by atoms with van der Waals surface area (Å²) in [5, 5.41) is -0.459. The van der Waals surface area contributed by atoms with Crippen LogP contribution >= 0.6 is 11.6 Å². The van der Waals surface area contributed by atoms with E-state index in [2.05, 4.69) is 65.9 Å². The van der Waals surface area contributed by atoms with E-state index in [0.717, 1.165) is 27.8 Å². The first kappa shape index (κ1) is 23.2. The van der Waals surface area contributed by atoms with Gasteiger partial charge in [-0.25, -0.2) is 18.4 Å². The lowest BCUT2D eigenvalue weighted by atomic mass is 9.93. The van der Waals surface area contributed by atoms with E-state index in [0.29, 0.717) is 19.3 Å². The number of sulfone groups is 1. The first-order valence-corrected chi connectivity index (χ1v) is 12.2. The lowest BCUT2D eigenvalue weighted by molar-refractivity contribution is 0.565. The quantitative estimate of drug-likeness (QED) is 0.373. The minimum Gasteiger partial charge on any atom is -0.225 e. The van der Waals surface area contributed by atoms with Gasteiger partial charge in [-0.3, -0.25) is 0 Å². The molecular formula is C25H27ClN2O2S. The summed E-state index contributed by atoms with van der Waals surface area (Å²) in [7, 11) is -3.50. The van der Waals surface area contributed by atoms with Gasteiger partial charge in [0.1, 0.15) is 4.90 Å². The standard InChI is InChI=1S/C25H27ClN2O2S/c1-5-21(31(29,30)22-15-27-25(26)28-16-22)12-9-19-7-10-20(11-8-19)24-14-18(4)6-13-23(24)17(2)3/h6-8,10-11,13-16,21H,2,5,9,12H2,1,3-4H3. The van der Waals surface area contributed by atoms with E-state index in [1.165, 1.54) is 18.0 Å². The number of benzene rings is 2. The first-order chi connectivity index (χ1) is 14.7. The van der Waals surface area contributed by atoms with E-state index >= 15 is 0 Å². The molecule has 3 aromatic rings. The fourth-order valence-electron chi connectivity index (χ4n) is 3.67. The van der Waals surface area contributed by atoms with Gasteiger partial charge in [-0.05, 0) is 67.0 Å². The Hall–Kier alpha value is -2.50. The molecule has 4 nitrogen and oxygen atoms in total. The van der Waals surface area contributed by atoms with Gasteiger partial charge in [-0.15, -0.1) is 0 Å². The minimum absolute atomic E-state index is 0.0375. The zero-order chi connectivity index (χ0) is 22.6. The number of rotatable bonds is 8. The summed E-state index contributed by atoms with van der Waals surface area (Å²) < 4.78 is 25.9. The van der Waals surface area contributed by atoms with Crippen molar-refractivity contribution in [1.82, 2.24) is 9.97 Å². The lowest BCUT2D eigenvalue weighted by Crippen LogP contribution is -2.22. The Balaban J connectivity index is 1.76. The van der Waals surface area contributed by atoms with E-state index < -0.39 is 15.1 Å². The molecule has 0 saturated carbocycles. The van der Waals surface area contributed by atoms with Crippen LogP contribution in [-0.4, -0.2) is 23.6 Å². The van der Waals surface area contributed by atoms with Crippen molar-refractivity contribution >= 4 is 27.0 Å². The summed E-state index contributed by atoms with van der Waals surface area (Å²) >= 11 is 5.69. The number of aryl methyl sites for hydroxylation is 2. The van der Waals surface area contributed by atoms with Gasteiger partial charge in [0.05, 0.1) is 17.6 Å². The molecule has 1 aromatic heterocycles. The van der Waals surface area contributed by atoms with E-state index in [1.807, 2.05) is 13.8 Å². The summed E-state index contributed by atoms with van der Waals surface area (Å²) in [6, 6.07) is 14.7. The maximum absolute atomic E-state index is 12.9. The van der Waals surface area contributed by atoms with Gasteiger partial charge in [0, 0.05) is 0 Å². The number of nitrogens with zero attached hydrogens (tertiary/aromatic N) is 2. The van der Waals surface area contributed by atoms with Gasteiger partial charge < -0.3 is 0 Å². The summed E-state index contributed by atoms with van der Waals surface area (Å²) in [5.74, 6) is 0. The number of aromatic nitrogens is 2. The second-order valence-electron chi connectivity index (χ2n) is 7.83. The Labute approximate surface area is 190 Å². The normalized spacial score (nSPS) is 12.5. The number of hydrogen-bond acceptors (Lipinski definition) is 4. The van der Waals surface area contributed by atoms with Gasteiger partial charge in [-0.1, -0.05) is 67.1 Å². The van der Waals surface area contributed by atoms with Crippen LogP contribution in [-0.2, 0) is 16.3 Å². The Morgan fingerprint density at radius 2 is 1.74 bits per heavy atom. The van der Waals surface area contributed by atoms with Crippen LogP contribution in [0.1, 0.15) is 43.4 Å². The van der Waals surface area contributed by atoms with E-state index in [1.54, 1.807) is 0 Å². The van der Waals surface area contributed by atoms with E-state index in [4.69, 9.17) is 11.6 Å². The fraction of sp³-hybridized carbons (Fsp3) is 0.280. The maximum atomic E-state index is 12.9. The van der Waals surface area contributed by atoms with Crippen molar-refractivity contribution in [2.24, 2.45) is 0 Å². The van der Waals surface area contributed by atoms with Crippen molar-refractivity contribution in [3.63, 3.8) is 0 Å². The molecule has 2 aromatic carbocycles. The minimum atomic E-state index is -3.50. The molecule has 0 fully saturated rings. The molecule has 0 saturated heterocycles. The van der Waals surface area contributed by atoms with Gasteiger partial charge >= 0.3 is 0 Å². The highest BCUT2D eigenvalue weighted by Gasteiger charge is 2.26. The molecule has 0 amide bonds. The molecule has 0 aliphatic rings. The smallest absolute Gasteiger partial charge is 0.222 e. The van der Waals surface area contributed by atoms with Crippen LogP contribution in [0.15, 0.2) is 66.3 Å². The van der Waals surface area contributed by atoms with Crippen molar-refractivity contribution in [2.75, 3.05) is 0 Å². The van der Waals surface area contributed by atoms with Crippen molar-refractivity contribution < 1.29 is 8.42 Å². The SMILES string of the molecule is C=C(C)c1ccc(C)cc1-c1ccc(CCC(CC)S(=O)(=O)c2cnc(Cl)nc2)cc1. The van der Waals surface area contributed by atoms with Crippen LogP contribution in [0.2, 0.25) is 5.28 Å². The highest BCUT2D eigenvalue weighted by Crippen LogP contribution is 2.30. The molecule has 0 aliphatic heterocycles. The largest absolute Gasteiger partial charge is 0.225 e. The third-order valence-electron chi connectivity index (χ3n) is 5.47. The molecule has 0 N–H and O–H groups in total. The molecule has 3 rings (SSSR count). The average molecular weight is 455 g/mol. The average Bonchev–Trinajstić information content (AvgIpc) is 2.74. The zero-order valence-electron chi connectivity index (χ0n) is 18.1. The monoisotopic (exact) mass is 454 g/mol. The van der Waals surface area contributed by atoms with Crippen molar-refractivity contribution in [1.29, 1.82) is 0 Å². The molecule has 0 aliphatic carbocycles. The van der Waals surface area contributed by atoms with Crippen LogP contribution in [0.5, 0.6) is 0 Å². The molecule has 0 bridgehead atoms. The Morgan fingerprint density at radius 1 is 1.10 bits per heavy atom. The molecule has 1 heterocycles. The van der Waals surface area contributed by atoms with Gasteiger partial charge in [0.2, 0.25) is 5.28 Å². The van der Waals surface area contributed by atoms with Gasteiger partial charge in [-0.2, -0.15) is 0 Å². The van der Waals surface area contributed by atoms with Gasteiger partial charge in [0.15, 0.2) is 9.84 Å². The van der Waals surface area contributed by atoms with Gasteiger partial charge in [0.25, 0.3) is 0 Å². The summed E-state index contributed by atoms with van der Waals surface area (Å²) in [5.41, 5.74) is 6.77. The highest BCUT2D eigenvalue weighted by molar-refractivity contribution is 7.92. The van der Waals surface area contributed by atoms with Crippen LogP contribution in [0.25, 0.3) is 16.7 Å². The van der Waals surface area contributed by atoms with E-state index in [9.17, 15) is 8.42 Å². The van der Waals surface area contributed by atoms with E-state index in [-0.39, 0.29) is 10.2 Å². The van der Waals surface area contributed by atoms with Crippen molar-refractivity contribution in [3.05, 3.63) is 83.4 Å². The zero-order valence-corrected chi connectivity index (χ0v) is 19.7. The first-order valence-electron chi connectivity index (χ1n) is 10.3. The number of halogens is 1. The molecule has 162 valence electrons. The second kappa shape index (κ2) is 9.75. The molecule has 0 radical (unpaired) electrons. The molecule has 0 spiro atoms. The number of allylic oxidation sites excluding steroid dienone is 1. The van der Waals surface area contributed by atoms with Crippen LogP contribution < -0.4 is 0 Å². The summed E-state index contributed by atoms with van der Waals surface area (Å²) in [4.78, 5) is 7.74. The van der Waals surface area contributed by atoms with Crippen LogP contribution in [0.4, 0.5) is 0 Å². The Kier molecular flexibility index (Phi) is 7.29. The third kappa shape index (κ3) is 5.41. The second-order valence-corrected chi connectivity index (χ2v) is 10.4. The molecule has 31 heavy (non-hydrogen) atoms.